The molecule has 28 heavy (non-hydrogen) atoms. The van der Waals surface area contributed by atoms with Crippen molar-refractivity contribution in [3.05, 3.63) is 64.7 Å². The Bertz CT molecular complexity index is 861. The summed E-state index contributed by atoms with van der Waals surface area (Å²) in [6.07, 6.45) is 2.38. The highest BCUT2D eigenvalue weighted by Gasteiger charge is 2.42. The molecule has 0 saturated carbocycles. The number of aryl methyl sites for hydroxylation is 3. The van der Waals surface area contributed by atoms with Gasteiger partial charge in [-0.2, -0.15) is 0 Å². The van der Waals surface area contributed by atoms with E-state index >= 15 is 0 Å². The Hall–Kier alpha value is -2.82. The first kappa shape index (κ1) is 19.9. The van der Waals surface area contributed by atoms with E-state index in [0.717, 1.165) is 24.2 Å². The van der Waals surface area contributed by atoms with Crippen LogP contribution in [0.2, 0.25) is 0 Å². The maximum absolute atomic E-state index is 12.9. The molecular weight excluding hydrogens is 352 g/mol. The molecule has 5 heteroatoms. The van der Waals surface area contributed by atoms with Crippen molar-refractivity contribution in [3.63, 3.8) is 0 Å². The normalized spacial score (nSPS) is 16.8. The predicted molar refractivity (Wildman–Crippen MR) is 109 cm³/mol. The molecule has 0 bridgehead atoms. The van der Waals surface area contributed by atoms with Gasteiger partial charge in [-0.3, -0.25) is 9.69 Å². The lowest BCUT2D eigenvalue weighted by molar-refractivity contribution is -0.128. The number of imide groups is 1. The predicted octanol–water partition coefficient (Wildman–Crippen LogP) is 4.10. The minimum atomic E-state index is -0.378. The van der Waals surface area contributed by atoms with Crippen LogP contribution < -0.4 is 4.74 Å². The van der Waals surface area contributed by atoms with Crippen LogP contribution in [0, 0.1) is 13.8 Å². The van der Waals surface area contributed by atoms with Crippen molar-refractivity contribution < 1.29 is 14.3 Å². The van der Waals surface area contributed by atoms with E-state index in [1.54, 1.807) is 19.1 Å². The Morgan fingerprint density at radius 1 is 0.964 bits per heavy atom. The molecule has 5 nitrogen and oxygen atoms in total. The molecule has 1 unspecified atom stereocenters. The van der Waals surface area contributed by atoms with Gasteiger partial charge in [-0.1, -0.05) is 30.3 Å². The lowest BCUT2D eigenvalue weighted by Crippen LogP contribution is -2.31. The Labute approximate surface area is 166 Å². The van der Waals surface area contributed by atoms with Crippen LogP contribution in [0.25, 0.3) is 0 Å². The van der Waals surface area contributed by atoms with Crippen molar-refractivity contribution in [2.45, 2.75) is 45.7 Å². The number of nitrogens with zero attached hydrogens (tertiary/aromatic N) is 2. The van der Waals surface area contributed by atoms with Gasteiger partial charge in [0.1, 0.15) is 11.8 Å². The van der Waals surface area contributed by atoms with E-state index in [1.807, 2.05) is 49.4 Å². The lowest BCUT2D eigenvalue weighted by Gasteiger charge is -2.15. The minimum absolute atomic E-state index is 0.0968. The first-order chi connectivity index (χ1) is 13.4. The van der Waals surface area contributed by atoms with Gasteiger partial charge in [0.2, 0.25) is 0 Å². The largest absolute Gasteiger partial charge is 0.497 e. The number of likely N-dealkylation sites (N-methyl/N-ethyl adjacent to an activating group) is 1. The molecule has 1 fully saturated rings. The topological polar surface area (TPSA) is 49.9 Å². The summed E-state index contributed by atoms with van der Waals surface area (Å²) < 4.78 is 5.17. The molecule has 0 aliphatic carbocycles. The van der Waals surface area contributed by atoms with Crippen molar-refractivity contribution in [3.8, 4) is 5.75 Å². The maximum Gasteiger partial charge on any atom is 0.327 e. The van der Waals surface area contributed by atoms with Crippen LogP contribution in [0.4, 0.5) is 4.79 Å². The summed E-state index contributed by atoms with van der Waals surface area (Å²) >= 11 is 0. The molecule has 0 spiro atoms. The molecule has 1 heterocycles. The SMILES string of the molecule is COc1ccc(CCCC2C(=O)N(Cc3ccc(C)c(C)c3)C(=O)N2C)cc1. The van der Waals surface area contributed by atoms with Crippen molar-refractivity contribution >= 4 is 11.9 Å². The fourth-order valence-electron chi connectivity index (χ4n) is 3.60. The average molecular weight is 380 g/mol. The summed E-state index contributed by atoms with van der Waals surface area (Å²) in [5.74, 6) is 0.738. The number of rotatable bonds is 7. The summed E-state index contributed by atoms with van der Waals surface area (Å²) in [6, 6.07) is 13.4. The molecule has 2 aromatic carbocycles. The number of ether oxygens (including phenoxy) is 1. The second-order valence-electron chi connectivity index (χ2n) is 7.49. The third kappa shape index (κ3) is 4.19. The molecule has 2 aromatic rings. The first-order valence-corrected chi connectivity index (χ1v) is 9.68. The monoisotopic (exact) mass is 380 g/mol. The summed E-state index contributed by atoms with van der Waals surface area (Å²) in [4.78, 5) is 28.4. The zero-order valence-electron chi connectivity index (χ0n) is 17.1. The zero-order chi connectivity index (χ0) is 20.3. The van der Waals surface area contributed by atoms with Crippen molar-refractivity contribution in [2.75, 3.05) is 14.2 Å². The number of urea groups is 1. The van der Waals surface area contributed by atoms with E-state index in [4.69, 9.17) is 4.74 Å². The maximum atomic E-state index is 12.9. The lowest BCUT2D eigenvalue weighted by atomic mass is 10.0. The third-order valence-corrected chi connectivity index (χ3v) is 5.57. The van der Waals surface area contributed by atoms with Gasteiger partial charge in [-0.15, -0.1) is 0 Å². The summed E-state index contributed by atoms with van der Waals surface area (Å²) in [5.41, 5.74) is 4.56. The van der Waals surface area contributed by atoms with Crippen molar-refractivity contribution in [2.24, 2.45) is 0 Å². The fraction of sp³-hybridized carbons (Fsp3) is 0.391. The van der Waals surface area contributed by atoms with E-state index in [1.165, 1.54) is 21.6 Å². The van der Waals surface area contributed by atoms with Gasteiger partial charge < -0.3 is 9.64 Å². The van der Waals surface area contributed by atoms with Gasteiger partial charge in [0, 0.05) is 7.05 Å². The number of benzene rings is 2. The number of hydrogen-bond donors (Lipinski definition) is 0. The Balaban J connectivity index is 1.60. The van der Waals surface area contributed by atoms with Gasteiger partial charge in [0.05, 0.1) is 13.7 Å². The summed E-state index contributed by atoms with van der Waals surface area (Å²) in [6.45, 7) is 4.43. The molecule has 1 saturated heterocycles. The van der Waals surface area contributed by atoms with Gasteiger partial charge in [0.15, 0.2) is 0 Å². The van der Waals surface area contributed by atoms with Crippen LogP contribution in [0.15, 0.2) is 42.5 Å². The van der Waals surface area contributed by atoms with Crippen LogP contribution in [0.1, 0.15) is 35.1 Å². The quantitative estimate of drug-likeness (QED) is 0.680. The van der Waals surface area contributed by atoms with Crippen molar-refractivity contribution in [1.29, 1.82) is 0 Å². The van der Waals surface area contributed by atoms with Crippen molar-refractivity contribution in [1.82, 2.24) is 9.80 Å². The molecule has 0 N–H and O–H groups in total. The minimum Gasteiger partial charge on any atom is -0.497 e. The number of methoxy groups -OCH3 is 1. The molecule has 1 atom stereocenters. The Morgan fingerprint density at radius 2 is 1.64 bits per heavy atom. The van der Waals surface area contributed by atoms with Crippen LogP contribution in [-0.4, -0.2) is 41.9 Å². The fourth-order valence-corrected chi connectivity index (χ4v) is 3.60. The van der Waals surface area contributed by atoms with E-state index in [2.05, 4.69) is 6.92 Å². The molecule has 1 aliphatic heterocycles. The third-order valence-electron chi connectivity index (χ3n) is 5.57. The average Bonchev–Trinajstić information content (AvgIpc) is 2.89. The number of carbonyl (C=O) groups is 2. The smallest absolute Gasteiger partial charge is 0.327 e. The second-order valence-corrected chi connectivity index (χ2v) is 7.49. The van der Waals surface area contributed by atoms with E-state index in [0.29, 0.717) is 13.0 Å². The summed E-state index contributed by atoms with van der Waals surface area (Å²) in [7, 11) is 3.37. The zero-order valence-corrected chi connectivity index (χ0v) is 17.1. The molecule has 0 aromatic heterocycles. The standard InChI is InChI=1S/C23H28N2O3/c1-16-8-9-19(14-17(16)2)15-25-22(26)21(24(3)23(25)27)7-5-6-18-10-12-20(28-4)13-11-18/h8-14,21H,5-7,15H2,1-4H3. The van der Waals surface area contributed by atoms with Gasteiger partial charge in [-0.05, 0) is 67.5 Å². The van der Waals surface area contributed by atoms with Gasteiger partial charge in [0.25, 0.3) is 5.91 Å². The highest BCUT2D eigenvalue weighted by molar-refractivity contribution is 6.03. The van der Waals surface area contributed by atoms with Gasteiger partial charge >= 0.3 is 6.03 Å². The second kappa shape index (κ2) is 8.46. The molecule has 148 valence electrons. The number of carbonyl (C=O) groups excluding carboxylic acids is 2. The molecule has 3 rings (SSSR count). The van der Waals surface area contributed by atoms with Crippen LogP contribution >= 0.6 is 0 Å². The Kier molecular flexibility index (Phi) is 6.02. The van der Waals surface area contributed by atoms with E-state index < -0.39 is 0 Å². The highest BCUT2D eigenvalue weighted by Crippen LogP contribution is 2.23. The summed E-state index contributed by atoms with van der Waals surface area (Å²) in [5, 5.41) is 0. The number of amides is 3. The van der Waals surface area contributed by atoms with E-state index in [-0.39, 0.29) is 18.0 Å². The van der Waals surface area contributed by atoms with E-state index in [9.17, 15) is 9.59 Å². The number of hydrogen-bond acceptors (Lipinski definition) is 3. The van der Waals surface area contributed by atoms with Gasteiger partial charge in [-0.25, -0.2) is 4.79 Å². The van der Waals surface area contributed by atoms with Crippen LogP contribution in [-0.2, 0) is 17.8 Å². The highest BCUT2D eigenvalue weighted by atomic mass is 16.5. The van der Waals surface area contributed by atoms with Crippen LogP contribution in [0.5, 0.6) is 5.75 Å². The molecule has 0 radical (unpaired) electrons. The van der Waals surface area contributed by atoms with Crippen LogP contribution in [0.3, 0.4) is 0 Å². The molecular formula is C23H28N2O3. The molecule has 1 aliphatic rings. The first-order valence-electron chi connectivity index (χ1n) is 9.68. The molecule has 3 amide bonds. The Morgan fingerprint density at radius 3 is 2.29 bits per heavy atom.